The summed E-state index contributed by atoms with van der Waals surface area (Å²) in [5, 5.41) is 5.04. The number of amides is 2. The number of hydrogen-bond acceptors (Lipinski definition) is 5. The first-order valence-corrected chi connectivity index (χ1v) is 11.1. The second kappa shape index (κ2) is 9.32. The maximum atomic E-state index is 13.0. The van der Waals surface area contributed by atoms with Crippen LogP contribution in [0.5, 0.6) is 0 Å². The average molecular weight is 472 g/mol. The minimum Gasteiger partial charge on any atom is -0.379 e. The molecule has 0 bridgehead atoms. The van der Waals surface area contributed by atoms with Crippen LogP contribution in [0.1, 0.15) is 20.7 Å². The first-order valence-electron chi connectivity index (χ1n) is 8.94. The Bertz CT molecular complexity index is 1090. The lowest BCUT2D eigenvalue weighted by Gasteiger charge is -2.26. The standard InChI is InChI=1S/C19H19Cl2N3O5S/c1-22-18(25)12-3-2-4-13(9-12)23-19(26)14-10-17(16(21)11-15(14)20)30(27,28)24-5-7-29-8-6-24/h2-4,9-11H,5-8H2,1H3,(H,22,25)(H,23,26). The molecule has 0 saturated carbocycles. The van der Waals surface area contributed by atoms with E-state index in [1.807, 2.05) is 0 Å². The summed E-state index contributed by atoms with van der Waals surface area (Å²) in [4.78, 5) is 24.4. The average Bonchev–Trinajstić information content (AvgIpc) is 2.73. The number of rotatable bonds is 5. The molecular weight excluding hydrogens is 453 g/mol. The third-order valence-electron chi connectivity index (χ3n) is 4.46. The van der Waals surface area contributed by atoms with E-state index in [0.29, 0.717) is 11.3 Å². The van der Waals surface area contributed by atoms with Crippen molar-refractivity contribution in [3.63, 3.8) is 0 Å². The van der Waals surface area contributed by atoms with Crippen LogP contribution in [0.25, 0.3) is 0 Å². The highest BCUT2D eigenvalue weighted by atomic mass is 35.5. The lowest BCUT2D eigenvalue weighted by molar-refractivity contribution is 0.0730. The highest BCUT2D eigenvalue weighted by molar-refractivity contribution is 7.89. The smallest absolute Gasteiger partial charge is 0.257 e. The Hall–Kier alpha value is -2.17. The fraction of sp³-hybridized carbons (Fsp3) is 0.263. The van der Waals surface area contributed by atoms with Gasteiger partial charge in [0, 0.05) is 31.4 Å². The Morgan fingerprint density at radius 3 is 2.40 bits per heavy atom. The van der Waals surface area contributed by atoms with Gasteiger partial charge in [-0.1, -0.05) is 29.3 Å². The fourth-order valence-corrected chi connectivity index (χ4v) is 5.15. The van der Waals surface area contributed by atoms with Crippen molar-refractivity contribution in [2.75, 3.05) is 38.7 Å². The molecule has 0 unspecified atom stereocenters. The lowest BCUT2D eigenvalue weighted by Crippen LogP contribution is -2.40. The molecular formula is C19H19Cl2N3O5S. The molecule has 0 aliphatic carbocycles. The number of carbonyl (C=O) groups excluding carboxylic acids is 2. The summed E-state index contributed by atoms with van der Waals surface area (Å²) in [7, 11) is -2.43. The first-order chi connectivity index (χ1) is 14.2. The predicted octanol–water partition coefficient (Wildman–Crippen LogP) is 2.63. The number of ether oxygens (including phenoxy) is 1. The largest absolute Gasteiger partial charge is 0.379 e. The number of morpholine rings is 1. The van der Waals surface area contributed by atoms with Crippen LogP contribution >= 0.6 is 23.2 Å². The summed E-state index contributed by atoms with van der Waals surface area (Å²) in [6.45, 7) is 0.934. The molecule has 8 nitrogen and oxygen atoms in total. The van der Waals surface area contributed by atoms with Gasteiger partial charge in [-0.2, -0.15) is 4.31 Å². The van der Waals surface area contributed by atoms with Crippen molar-refractivity contribution < 1.29 is 22.7 Å². The van der Waals surface area contributed by atoms with Gasteiger partial charge in [-0.15, -0.1) is 0 Å². The highest BCUT2D eigenvalue weighted by Crippen LogP contribution is 2.31. The highest BCUT2D eigenvalue weighted by Gasteiger charge is 2.30. The summed E-state index contributed by atoms with van der Waals surface area (Å²) >= 11 is 12.3. The summed E-state index contributed by atoms with van der Waals surface area (Å²) in [6.07, 6.45) is 0. The van der Waals surface area contributed by atoms with Crippen molar-refractivity contribution in [1.29, 1.82) is 0 Å². The Labute approximate surface area is 184 Å². The second-order valence-corrected chi connectivity index (χ2v) is 9.11. The predicted molar refractivity (Wildman–Crippen MR) is 114 cm³/mol. The number of sulfonamides is 1. The van der Waals surface area contributed by atoms with E-state index in [2.05, 4.69) is 10.6 Å². The summed E-state index contributed by atoms with van der Waals surface area (Å²) in [6, 6.07) is 8.68. The van der Waals surface area contributed by atoms with Gasteiger partial charge in [0.1, 0.15) is 4.90 Å². The molecule has 0 aromatic heterocycles. The molecule has 1 fully saturated rings. The van der Waals surface area contributed by atoms with Crippen molar-refractivity contribution in [2.45, 2.75) is 4.90 Å². The molecule has 160 valence electrons. The van der Waals surface area contributed by atoms with E-state index >= 15 is 0 Å². The van der Waals surface area contributed by atoms with Crippen LogP contribution in [0, 0.1) is 0 Å². The molecule has 2 N–H and O–H groups in total. The third-order valence-corrected chi connectivity index (χ3v) is 7.14. The molecule has 1 aliphatic heterocycles. The Morgan fingerprint density at radius 1 is 1.03 bits per heavy atom. The maximum Gasteiger partial charge on any atom is 0.257 e. The maximum absolute atomic E-state index is 13.0. The van der Waals surface area contributed by atoms with Crippen LogP contribution in [-0.4, -0.2) is 57.9 Å². The molecule has 3 rings (SSSR count). The lowest BCUT2D eigenvalue weighted by atomic mass is 10.1. The summed E-state index contributed by atoms with van der Waals surface area (Å²) < 4.78 is 32.4. The number of nitrogens with one attached hydrogen (secondary N) is 2. The van der Waals surface area contributed by atoms with Crippen LogP contribution in [-0.2, 0) is 14.8 Å². The van der Waals surface area contributed by atoms with Gasteiger partial charge in [-0.05, 0) is 30.3 Å². The first kappa shape index (κ1) is 22.5. The number of hydrogen-bond donors (Lipinski definition) is 2. The van der Waals surface area contributed by atoms with Crippen molar-refractivity contribution in [3.05, 3.63) is 57.6 Å². The van der Waals surface area contributed by atoms with Crippen molar-refractivity contribution >= 4 is 50.7 Å². The zero-order chi connectivity index (χ0) is 21.9. The monoisotopic (exact) mass is 471 g/mol. The minimum absolute atomic E-state index is 0.000818. The molecule has 30 heavy (non-hydrogen) atoms. The molecule has 0 radical (unpaired) electrons. The van der Waals surface area contributed by atoms with Crippen molar-refractivity contribution in [1.82, 2.24) is 9.62 Å². The van der Waals surface area contributed by atoms with Crippen LogP contribution in [0.2, 0.25) is 10.0 Å². The zero-order valence-electron chi connectivity index (χ0n) is 15.9. The SMILES string of the molecule is CNC(=O)c1cccc(NC(=O)c2cc(S(=O)(=O)N3CCOCC3)c(Cl)cc2Cl)c1. The Balaban J connectivity index is 1.92. The topological polar surface area (TPSA) is 105 Å². The van der Waals surface area contributed by atoms with E-state index in [4.69, 9.17) is 27.9 Å². The van der Waals surface area contributed by atoms with Crippen molar-refractivity contribution in [3.8, 4) is 0 Å². The fourth-order valence-electron chi connectivity index (χ4n) is 2.91. The van der Waals surface area contributed by atoms with Crippen LogP contribution < -0.4 is 10.6 Å². The molecule has 1 aliphatic rings. The third kappa shape index (κ3) is 4.76. The normalized spacial score (nSPS) is 14.9. The Morgan fingerprint density at radius 2 is 1.73 bits per heavy atom. The molecule has 0 spiro atoms. The second-order valence-electron chi connectivity index (χ2n) is 6.39. The van der Waals surface area contributed by atoms with Crippen LogP contribution in [0.15, 0.2) is 41.3 Å². The number of benzene rings is 2. The van der Waals surface area contributed by atoms with Gasteiger partial charge in [-0.3, -0.25) is 9.59 Å². The van der Waals surface area contributed by atoms with Gasteiger partial charge in [0.15, 0.2) is 0 Å². The molecule has 0 atom stereocenters. The molecule has 11 heteroatoms. The molecule has 1 heterocycles. The van der Waals surface area contributed by atoms with Crippen LogP contribution in [0.4, 0.5) is 5.69 Å². The van der Waals surface area contributed by atoms with E-state index in [-0.39, 0.29) is 52.7 Å². The molecule has 2 aromatic rings. The minimum atomic E-state index is -3.93. The summed E-state index contributed by atoms with van der Waals surface area (Å²) in [5.74, 6) is -0.946. The van der Waals surface area contributed by atoms with E-state index in [9.17, 15) is 18.0 Å². The van der Waals surface area contributed by atoms with Crippen molar-refractivity contribution in [2.24, 2.45) is 0 Å². The van der Waals surface area contributed by atoms with E-state index in [1.54, 1.807) is 18.2 Å². The zero-order valence-corrected chi connectivity index (χ0v) is 18.3. The number of halogens is 2. The van der Waals surface area contributed by atoms with E-state index in [0.717, 1.165) is 6.07 Å². The van der Waals surface area contributed by atoms with Gasteiger partial charge in [-0.25, -0.2) is 8.42 Å². The number of nitrogens with zero attached hydrogens (tertiary/aromatic N) is 1. The van der Waals surface area contributed by atoms with Gasteiger partial charge in [0.05, 0.1) is 28.8 Å². The number of anilines is 1. The molecule has 2 aromatic carbocycles. The van der Waals surface area contributed by atoms with Gasteiger partial charge < -0.3 is 15.4 Å². The molecule has 2 amide bonds. The quantitative estimate of drug-likeness (QED) is 0.697. The van der Waals surface area contributed by atoms with E-state index < -0.39 is 15.9 Å². The Kier molecular flexibility index (Phi) is 6.99. The van der Waals surface area contributed by atoms with Gasteiger partial charge in [0.25, 0.3) is 11.8 Å². The van der Waals surface area contributed by atoms with E-state index in [1.165, 1.54) is 23.5 Å². The molecule has 1 saturated heterocycles. The van der Waals surface area contributed by atoms with Crippen LogP contribution in [0.3, 0.4) is 0 Å². The summed E-state index contributed by atoms with van der Waals surface area (Å²) in [5.41, 5.74) is 0.649. The number of carbonyl (C=O) groups is 2. The van der Waals surface area contributed by atoms with Gasteiger partial charge >= 0.3 is 0 Å². The van der Waals surface area contributed by atoms with Gasteiger partial charge in [0.2, 0.25) is 10.0 Å².